The number of H-pyrrole nitrogens is 1. The first kappa shape index (κ1) is 16.5. The second-order valence-corrected chi connectivity index (χ2v) is 5.59. The monoisotopic (exact) mass is 338 g/mol. The summed E-state index contributed by atoms with van der Waals surface area (Å²) in [7, 11) is 0. The highest BCUT2D eigenvalue weighted by Crippen LogP contribution is 2.16. The summed E-state index contributed by atoms with van der Waals surface area (Å²) in [6, 6.07) is 10.6. The molecule has 0 fully saturated rings. The van der Waals surface area contributed by atoms with Gasteiger partial charge in [0, 0.05) is 12.7 Å². The van der Waals surface area contributed by atoms with Crippen LogP contribution in [0.2, 0.25) is 0 Å². The van der Waals surface area contributed by atoms with E-state index in [0.717, 1.165) is 16.8 Å². The number of aromatic amines is 1. The minimum atomic E-state index is -0.647. The van der Waals surface area contributed by atoms with Gasteiger partial charge >= 0.3 is 0 Å². The van der Waals surface area contributed by atoms with Crippen LogP contribution in [0.25, 0.3) is 11.3 Å². The molecule has 25 heavy (non-hydrogen) atoms. The van der Waals surface area contributed by atoms with Crippen LogP contribution in [0, 0.1) is 0 Å². The van der Waals surface area contributed by atoms with Crippen molar-refractivity contribution in [3.8, 4) is 11.3 Å². The van der Waals surface area contributed by atoms with Crippen LogP contribution in [0.15, 0.2) is 59.5 Å². The van der Waals surface area contributed by atoms with Crippen LogP contribution >= 0.6 is 0 Å². The van der Waals surface area contributed by atoms with Crippen molar-refractivity contribution in [2.24, 2.45) is 0 Å². The molecule has 1 atom stereocenters. The van der Waals surface area contributed by atoms with Crippen molar-refractivity contribution in [2.45, 2.75) is 19.5 Å². The third-order valence-corrected chi connectivity index (χ3v) is 3.76. The van der Waals surface area contributed by atoms with Gasteiger partial charge in [-0.15, -0.1) is 0 Å². The van der Waals surface area contributed by atoms with Gasteiger partial charge in [0.15, 0.2) is 0 Å². The Morgan fingerprint density at radius 3 is 2.64 bits per heavy atom. The Balaban J connectivity index is 1.50. The molecule has 0 aliphatic rings. The SMILES string of the molecule is CC(NC(=O)c1ccoc1)C(=O)NCc1ccc(-c2ccn[nH]2)cc1. The average Bonchev–Trinajstić information content (AvgIpc) is 3.33. The molecular weight excluding hydrogens is 320 g/mol. The number of benzene rings is 1. The number of amides is 2. The molecule has 2 amide bonds. The van der Waals surface area contributed by atoms with Gasteiger partial charge in [-0.1, -0.05) is 24.3 Å². The zero-order chi connectivity index (χ0) is 17.6. The number of carbonyl (C=O) groups is 2. The minimum absolute atomic E-state index is 0.255. The van der Waals surface area contributed by atoms with Gasteiger partial charge in [-0.05, 0) is 30.2 Å². The molecule has 3 rings (SSSR count). The standard InChI is InChI=1S/C18H18N4O3/c1-12(21-18(24)15-7-9-25-11-15)17(23)19-10-13-2-4-14(5-3-13)16-6-8-20-22-16/h2-9,11-12H,10H2,1H3,(H,19,23)(H,20,22)(H,21,24). The zero-order valence-corrected chi connectivity index (χ0v) is 13.7. The number of furan rings is 1. The van der Waals surface area contributed by atoms with Crippen LogP contribution in [0.3, 0.4) is 0 Å². The second-order valence-electron chi connectivity index (χ2n) is 5.59. The van der Waals surface area contributed by atoms with Gasteiger partial charge in [0.05, 0.1) is 17.5 Å². The van der Waals surface area contributed by atoms with Crippen molar-refractivity contribution in [2.75, 3.05) is 0 Å². The summed E-state index contributed by atoms with van der Waals surface area (Å²) in [5, 5.41) is 12.3. The van der Waals surface area contributed by atoms with Crippen LogP contribution in [0.5, 0.6) is 0 Å². The Morgan fingerprint density at radius 1 is 1.20 bits per heavy atom. The topological polar surface area (TPSA) is 100 Å². The Labute approximate surface area is 144 Å². The first-order valence-electron chi connectivity index (χ1n) is 7.83. The Kier molecular flexibility index (Phi) is 4.94. The average molecular weight is 338 g/mol. The summed E-state index contributed by atoms with van der Waals surface area (Å²) in [6.07, 6.45) is 4.44. The van der Waals surface area contributed by atoms with Crippen molar-refractivity contribution in [3.05, 3.63) is 66.2 Å². The maximum absolute atomic E-state index is 12.1. The van der Waals surface area contributed by atoms with Crippen LogP contribution < -0.4 is 10.6 Å². The number of nitrogens with one attached hydrogen (secondary N) is 3. The van der Waals surface area contributed by atoms with Gasteiger partial charge in [-0.3, -0.25) is 14.7 Å². The van der Waals surface area contributed by atoms with E-state index in [1.165, 1.54) is 12.5 Å². The molecule has 1 unspecified atom stereocenters. The van der Waals surface area contributed by atoms with E-state index in [-0.39, 0.29) is 11.8 Å². The predicted octanol–water partition coefficient (Wildman–Crippen LogP) is 2.10. The molecule has 0 aliphatic carbocycles. The number of nitrogens with zero attached hydrogens (tertiary/aromatic N) is 1. The van der Waals surface area contributed by atoms with Crippen LogP contribution in [-0.2, 0) is 11.3 Å². The summed E-state index contributed by atoms with van der Waals surface area (Å²) in [4.78, 5) is 24.0. The number of carbonyl (C=O) groups excluding carboxylic acids is 2. The van der Waals surface area contributed by atoms with Crippen molar-refractivity contribution in [3.63, 3.8) is 0 Å². The maximum Gasteiger partial charge on any atom is 0.255 e. The van der Waals surface area contributed by atoms with Gasteiger partial charge < -0.3 is 15.1 Å². The quantitative estimate of drug-likeness (QED) is 0.641. The van der Waals surface area contributed by atoms with Crippen molar-refractivity contribution in [1.29, 1.82) is 0 Å². The van der Waals surface area contributed by atoms with E-state index in [1.807, 2.05) is 30.3 Å². The summed E-state index contributed by atoms with van der Waals surface area (Å²) >= 11 is 0. The number of hydrogen-bond acceptors (Lipinski definition) is 4. The van der Waals surface area contributed by atoms with Gasteiger partial charge in [-0.25, -0.2) is 0 Å². The van der Waals surface area contributed by atoms with E-state index in [2.05, 4.69) is 20.8 Å². The highest BCUT2D eigenvalue weighted by molar-refractivity contribution is 5.97. The second kappa shape index (κ2) is 7.48. The minimum Gasteiger partial charge on any atom is -0.472 e. The van der Waals surface area contributed by atoms with Gasteiger partial charge in [-0.2, -0.15) is 5.10 Å². The van der Waals surface area contributed by atoms with Gasteiger partial charge in [0.2, 0.25) is 5.91 Å². The molecule has 7 heteroatoms. The molecule has 0 aliphatic heterocycles. The van der Waals surface area contributed by atoms with E-state index in [1.54, 1.807) is 19.2 Å². The van der Waals surface area contributed by atoms with Crippen molar-refractivity contribution >= 4 is 11.8 Å². The molecule has 2 heterocycles. The lowest BCUT2D eigenvalue weighted by atomic mass is 10.1. The maximum atomic E-state index is 12.1. The Bertz CT molecular complexity index is 824. The van der Waals surface area contributed by atoms with Gasteiger partial charge in [0.1, 0.15) is 12.3 Å². The molecular formula is C18H18N4O3. The van der Waals surface area contributed by atoms with Crippen LogP contribution in [0.4, 0.5) is 0 Å². The van der Waals surface area contributed by atoms with Gasteiger partial charge in [0.25, 0.3) is 5.91 Å². The molecule has 3 N–H and O–H groups in total. The molecule has 3 aromatic rings. The fraction of sp³-hybridized carbons (Fsp3) is 0.167. The molecule has 0 spiro atoms. The Morgan fingerprint density at radius 2 is 2.00 bits per heavy atom. The highest BCUT2D eigenvalue weighted by Gasteiger charge is 2.16. The fourth-order valence-electron chi connectivity index (χ4n) is 2.30. The molecule has 0 radical (unpaired) electrons. The van der Waals surface area contributed by atoms with E-state index in [9.17, 15) is 9.59 Å². The predicted molar refractivity (Wildman–Crippen MR) is 91.5 cm³/mol. The van der Waals surface area contributed by atoms with E-state index in [4.69, 9.17) is 4.42 Å². The van der Waals surface area contributed by atoms with Crippen LogP contribution in [0.1, 0.15) is 22.8 Å². The molecule has 128 valence electrons. The number of rotatable bonds is 6. The van der Waals surface area contributed by atoms with Crippen LogP contribution in [-0.4, -0.2) is 28.1 Å². The summed E-state index contributed by atoms with van der Waals surface area (Å²) in [5.41, 5.74) is 3.30. The van der Waals surface area contributed by atoms with E-state index < -0.39 is 6.04 Å². The molecule has 2 aromatic heterocycles. The molecule has 0 saturated heterocycles. The molecule has 7 nitrogen and oxygen atoms in total. The lowest BCUT2D eigenvalue weighted by molar-refractivity contribution is -0.122. The van der Waals surface area contributed by atoms with E-state index >= 15 is 0 Å². The third kappa shape index (κ3) is 4.14. The normalized spacial score (nSPS) is 11.7. The molecule has 0 saturated carbocycles. The zero-order valence-electron chi connectivity index (χ0n) is 13.7. The smallest absolute Gasteiger partial charge is 0.255 e. The summed E-state index contributed by atoms with van der Waals surface area (Å²) in [6.45, 7) is 2.02. The Hall–Kier alpha value is -3.35. The highest BCUT2D eigenvalue weighted by atomic mass is 16.3. The number of hydrogen-bond donors (Lipinski definition) is 3. The van der Waals surface area contributed by atoms with Crippen molar-refractivity contribution in [1.82, 2.24) is 20.8 Å². The van der Waals surface area contributed by atoms with E-state index in [0.29, 0.717) is 12.1 Å². The molecule has 0 bridgehead atoms. The summed E-state index contributed by atoms with van der Waals surface area (Å²) < 4.78 is 4.85. The fourth-order valence-corrected chi connectivity index (χ4v) is 2.30. The summed E-state index contributed by atoms with van der Waals surface area (Å²) in [5.74, 6) is -0.602. The lowest BCUT2D eigenvalue weighted by Crippen LogP contribution is -2.44. The third-order valence-electron chi connectivity index (χ3n) is 3.76. The molecule has 1 aromatic carbocycles. The first-order valence-corrected chi connectivity index (χ1v) is 7.83. The number of aromatic nitrogens is 2. The first-order chi connectivity index (χ1) is 12.1. The largest absolute Gasteiger partial charge is 0.472 e. The van der Waals surface area contributed by atoms with Crippen molar-refractivity contribution < 1.29 is 14.0 Å². The lowest BCUT2D eigenvalue weighted by Gasteiger charge is -2.13.